The lowest BCUT2D eigenvalue weighted by Crippen LogP contribution is -2.36. The fraction of sp³-hybridized carbons (Fsp3) is 0.294. The van der Waals surface area contributed by atoms with E-state index in [1.807, 2.05) is 6.26 Å². The average Bonchev–Trinajstić information content (AvgIpc) is 2.60. The van der Waals surface area contributed by atoms with Gasteiger partial charge in [0.25, 0.3) is 0 Å². The Morgan fingerprint density at radius 2 is 1.62 bits per heavy atom. The summed E-state index contributed by atoms with van der Waals surface area (Å²) in [6, 6.07) is 13.6. The van der Waals surface area contributed by atoms with E-state index < -0.39 is 10.0 Å². The van der Waals surface area contributed by atoms with Gasteiger partial charge in [-0.2, -0.15) is 0 Å². The predicted molar refractivity (Wildman–Crippen MR) is 96.5 cm³/mol. The molecule has 1 N–H and O–H groups in total. The van der Waals surface area contributed by atoms with Crippen LogP contribution < -0.4 is 14.2 Å². The van der Waals surface area contributed by atoms with Gasteiger partial charge in [0.05, 0.1) is 18.0 Å². The minimum atomic E-state index is -3.56. The molecule has 0 aliphatic carbocycles. The van der Waals surface area contributed by atoms with E-state index in [1.165, 1.54) is 0 Å². The zero-order valence-electron chi connectivity index (χ0n) is 13.9. The summed E-state index contributed by atoms with van der Waals surface area (Å²) in [5, 5.41) is 0. The van der Waals surface area contributed by atoms with Gasteiger partial charge in [0, 0.05) is 4.90 Å². The molecule has 24 heavy (non-hydrogen) atoms. The van der Waals surface area contributed by atoms with E-state index >= 15 is 0 Å². The highest BCUT2D eigenvalue weighted by atomic mass is 32.2. The quantitative estimate of drug-likeness (QED) is 0.726. The van der Waals surface area contributed by atoms with Gasteiger partial charge in [-0.1, -0.05) is 0 Å². The number of methoxy groups -OCH3 is 1. The van der Waals surface area contributed by atoms with Crippen LogP contribution in [0.15, 0.2) is 58.3 Å². The summed E-state index contributed by atoms with van der Waals surface area (Å²) in [5.41, 5.74) is 0. The van der Waals surface area contributed by atoms with Crippen LogP contribution in [0.3, 0.4) is 0 Å². The molecule has 2 rings (SSSR count). The maximum absolute atomic E-state index is 12.3. The lowest BCUT2D eigenvalue weighted by Gasteiger charge is -2.15. The molecule has 1 atom stereocenters. The fourth-order valence-electron chi connectivity index (χ4n) is 2.01. The Labute approximate surface area is 147 Å². The van der Waals surface area contributed by atoms with Crippen molar-refractivity contribution in [2.24, 2.45) is 0 Å². The maximum Gasteiger partial charge on any atom is 0.240 e. The highest BCUT2D eigenvalue weighted by molar-refractivity contribution is 7.98. The molecule has 0 saturated carbocycles. The Morgan fingerprint density at radius 3 is 2.17 bits per heavy atom. The van der Waals surface area contributed by atoms with Crippen LogP contribution >= 0.6 is 11.8 Å². The number of sulfonamides is 1. The van der Waals surface area contributed by atoms with Crippen LogP contribution in [-0.2, 0) is 10.0 Å². The minimum Gasteiger partial charge on any atom is -0.497 e. The van der Waals surface area contributed by atoms with Crippen molar-refractivity contribution in [1.82, 2.24) is 4.72 Å². The Morgan fingerprint density at radius 1 is 1.04 bits per heavy atom. The van der Waals surface area contributed by atoms with E-state index in [-0.39, 0.29) is 17.5 Å². The maximum atomic E-state index is 12.3. The zero-order chi connectivity index (χ0) is 17.6. The molecular formula is C17H21NO4S2. The van der Waals surface area contributed by atoms with Gasteiger partial charge in [-0.25, -0.2) is 13.1 Å². The summed E-state index contributed by atoms with van der Waals surface area (Å²) in [5.74, 6) is 1.40. The Kier molecular flexibility index (Phi) is 6.53. The molecule has 0 aliphatic heterocycles. The molecule has 0 aliphatic rings. The largest absolute Gasteiger partial charge is 0.497 e. The summed E-state index contributed by atoms with van der Waals surface area (Å²) in [6.45, 7) is 1.99. The third-order valence-corrected chi connectivity index (χ3v) is 5.63. The normalized spacial score (nSPS) is 12.6. The van der Waals surface area contributed by atoms with Crippen LogP contribution in [0.25, 0.3) is 0 Å². The number of hydrogen-bond acceptors (Lipinski definition) is 5. The first-order valence-electron chi connectivity index (χ1n) is 7.38. The van der Waals surface area contributed by atoms with Gasteiger partial charge in [0.1, 0.15) is 18.1 Å². The number of thioether (sulfide) groups is 1. The first kappa shape index (κ1) is 18.6. The molecule has 0 unspecified atom stereocenters. The minimum absolute atomic E-state index is 0.231. The Balaban J connectivity index is 1.93. The summed E-state index contributed by atoms with van der Waals surface area (Å²) in [4.78, 5) is 1.27. The van der Waals surface area contributed by atoms with Gasteiger partial charge in [-0.15, -0.1) is 11.8 Å². The van der Waals surface area contributed by atoms with Crippen LogP contribution in [0, 0.1) is 0 Å². The van der Waals surface area contributed by atoms with Crippen molar-refractivity contribution in [2.45, 2.75) is 22.8 Å². The predicted octanol–water partition coefficient (Wildman–Crippen LogP) is 3.16. The monoisotopic (exact) mass is 367 g/mol. The number of benzene rings is 2. The molecule has 0 spiro atoms. The van der Waals surface area contributed by atoms with Gasteiger partial charge in [0.2, 0.25) is 10.0 Å². The van der Waals surface area contributed by atoms with E-state index in [2.05, 4.69) is 4.72 Å². The van der Waals surface area contributed by atoms with Gasteiger partial charge >= 0.3 is 0 Å². The lowest BCUT2D eigenvalue weighted by molar-refractivity contribution is 0.287. The molecule has 0 heterocycles. The fourth-order valence-corrected chi connectivity index (χ4v) is 3.65. The molecule has 130 valence electrons. The molecule has 2 aromatic rings. The van der Waals surface area contributed by atoms with Crippen LogP contribution in [0.2, 0.25) is 0 Å². The highest BCUT2D eigenvalue weighted by Gasteiger charge is 2.17. The smallest absolute Gasteiger partial charge is 0.240 e. The van der Waals surface area contributed by atoms with Gasteiger partial charge in [0.15, 0.2) is 0 Å². The summed E-state index contributed by atoms with van der Waals surface area (Å²) in [6.07, 6.45) is 1.94. The Hall–Kier alpha value is -1.70. The van der Waals surface area contributed by atoms with Gasteiger partial charge in [-0.05, 0) is 61.7 Å². The lowest BCUT2D eigenvalue weighted by atomic mass is 10.3. The van der Waals surface area contributed by atoms with Gasteiger partial charge < -0.3 is 9.47 Å². The molecule has 0 fully saturated rings. The van der Waals surface area contributed by atoms with Crippen molar-refractivity contribution in [1.29, 1.82) is 0 Å². The highest BCUT2D eigenvalue weighted by Crippen LogP contribution is 2.19. The number of nitrogens with one attached hydrogen (secondary N) is 1. The van der Waals surface area contributed by atoms with E-state index in [0.717, 1.165) is 10.6 Å². The first-order valence-corrected chi connectivity index (χ1v) is 10.1. The van der Waals surface area contributed by atoms with Crippen molar-refractivity contribution >= 4 is 21.8 Å². The van der Waals surface area contributed by atoms with E-state index in [9.17, 15) is 8.42 Å². The average molecular weight is 367 g/mol. The molecule has 0 amide bonds. The van der Waals surface area contributed by atoms with Crippen molar-refractivity contribution < 1.29 is 17.9 Å². The van der Waals surface area contributed by atoms with Crippen LogP contribution in [0.4, 0.5) is 0 Å². The summed E-state index contributed by atoms with van der Waals surface area (Å²) < 4.78 is 38.0. The molecule has 5 nitrogen and oxygen atoms in total. The van der Waals surface area contributed by atoms with Crippen molar-refractivity contribution in [3.05, 3.63) is 48.5 Å². The molecule has 0 aromatic heterocycles. The first-order chi connectivity index (χ1) is 11.4. The molecule has 7 heteroatoms. The SMILES string of the molecule is COc1ccc(OC[C@@H](C)NS(=O)(=O)c2ccc(SC)cc2)cc1. The molecule has 2 aromatic carbocycles. The second-order valence-electron chi connectivity index (χ2n) is 5.18. The van der Waals surface area contributed by atoms with E-state index in [4.69, 9.17) is 9.47 Å². The third-order valence-electron chi connectivity index (χ3n) is 3.29. The van der Waals surface area contributed by atoms with Crippen molar-refractivity contribution in [2.75, 3.05) is 20.0 Å². The molecule has 0 saturated heterocycles. The molecule has 0 radical (unpaired) electrons. The second kappa shape index (κ2) is 8.41. The third kappa shape index (κ3) is 5.15. The number of rotatable bonds is 8. The van der Waals surface area contributed by atoms with Crippen LogP contribution in [-0.4, -0.2) is 34.4 Å². The standard InChI is InChI=1S/C17H21NO4S2/c1-13(12-22-15-6-4-14(21-2)5-7-15)18-24(19,20)17-10-8-16(23-3)9-11-17/h4-11,13,18H,12H2,1-3H3/t13-/m1/s1. The molecule has 0 bridgehead atoms. The number of ether oxygens (including phenoxy) is 2. The molecular weight excluding hydrogens is 346 g/mol. The Bertz CT molecular complexity index is 743. The second-order valence-corrected chi connectivity index (χ2v) is 7.78. The van der Waals surface area contributed by atoms with Gasteiger partial charge in [-0.3, -0.25) is 0 Å². The van der Waals surface area contributed by atoms with Crippen molar-refractivity contribution in [3.8, 4) is 11.5 Å². The summed E-state index contributed by atoms with van der Waals surface area (Å²) >= 11 is 1.57. The van der Waals surface area contributed by atoms with Crippen LogP contribution in [0.5, 0.6) is 11.5 Å². The zero-order valence-corrected chi connectivity index (χ0v) is 15.5. The topological polar surface area (TPSA) is 64.6 Å². The van der Waals surface area contributed by atoms with Crippen LogP contribution in [0.1, 0.15) is 6.92 Å². The van der Waals surface area contributed by atoms with E-state index in [0.29, 0.717) is 5.75 Å². The summed E-state index contributed by atoms with van der Waals surface area (Å²) in [7, 11) is -1.96. The van der Waals surface area contributed by atoms with E-state index in [1.54, 1.807) is 74.3 Å². The number of hydrogen-bond donors (Lipinski definition) is 1. The van der Waals surface area contributed by atoms with Crippen molar-refractivity contribution in [3.63, 3.8) is 0 Å².